The van der Waals surface area contributed by atoms with E-state index >= 15 is 0 Å². The van der Waals surface area contributed by atoms with Crippen molar-refractivity contribution in [1.29, 1.82) is 0 Å². The van der Waals surface area contributed by atoms with Crippen LogP contribution >= 0.6 is 0 Å². The van der Waals surface area contributed by atoms with Gasteiger partial charge < -0.3 is 10.1 Å². The Kier molecular flexibility index (Phi) is 4.61. The first-order valence-corrected chi connectivity index (χ1v) is 6.49. The van der Waals surface area contributed by atoms with Gasteiger partial charge in [0.05, 0.1) is 6.61 Å². The Morgan fingerprint density at radius 1 is 1.43 bits per heavy atom. The molecule has 9 heteroatoms. The molecule has 2 aromatic rings. The molecule has 0 saturated heterocycles. The van der Waals surface area contributed by atoms with E-state index in [1.807, 2.05) is 6.92 Å². The number of aromatic nitrogens is 4. The molecule has 0 bridgehead atoms. The summed E-state index contributed by atoms with van der Waals surface area (Å²) >= 11 is 0. The number of rotatable bonds is 6. The van der Waals surface area contributed by atoms with E-state index in [2.05, 4.69) is 25.1 Å². The standard InChI is InChI=1S/C12H16F3N5O/c1-3-9-4-10(20-11(19-9)16-7-17-20)18-8(2)5-21-6-12(13,14)15/h4,7-8,18H,3,5-6H2,1-2H3/t8-/m0/s1. The molecule has 1 N–H and O–H groups in total. The first-order chi connectivity index (χ1) is 9.89. The van der Waals surface area contributed by atoms with Gasteiger partial charge in [-0.15, -0.1) is 0 Å². The highest BCUT2D eigenvalue weighted by atomic mass is 19.4. The maximum absolute atomic E-state index is 12.0. The summed E-state index contributed by atoms with van der Waals surface area (Å²) < 4.78 is 42.2. The van der Waals surface area contributed by atoms with E-state index in [4.69, 9.17) is 0 Å². The molecule has 116 valence electrons. The van der Waals surface area contributed by atoms with Gasteiger partial charge in [-0.3, -0.25) is 0 Å². The SMILES string of the molecule is CCc1cc(N[C@@H](C)COCC(F)(F)F)n2ncnc2n1. The lowest BCUT2D eigenvalue weighted by molar-refractivity contribution is -0.174. The van der Waals surface area contributed by atoms with Gasteiger partial charge in [0.25, 0.3) is 5.78 Å². The monoisotopic (exact) mass is 303 g/mol. The van der Waals surface area contributed by atoms with E-state index in [9.17, 15) is 13.2 Å². The molecule has 21 heavy (non-hydrogen) atoms. The van der Waals surface area contributed by atoms with Gasteiger partial charge in [0, 0.05) is 17.8 Å². The Balaban J connectivity index is 2.03. The van der Waals surface area contributed by atoms with Crippen molar-refractivity contribution in [2.75, 3.05) is 18.5 Å². The number of ether oxygens (including phenoxy) is 1. The number of hydrogen-bond acceptors (Lipinski definition) is 5. The minimum Gasteiger partial charge on any atom is -0.370 e. The molecule has 0 saturated carbocycles. The summed E-state index contributed by atoms with van der Waals surface area (Å²) in [4.78, 5) is 8.30. The number of aryl methyl sites for hydroxylation is 1. The Morgan fingerprint density at radius 3 is 2.86 bits per heavy atom. The highest BCUT2D eigenvalue weighted by Crippen LogP contribution is 2.15. The Morgan fingerprint density at radius 2 is 2.19 bits per heavy atom. The number of fused-ring (bicyclic) bond motifs is 1. The summed E-state index contributed by atoms with van der Waals surface area (Å²) in [5, 5.41) is 7.09. The minimum atomic E-state index is -4.31. The van der Waals surface area contributed by atoms with Crippen LogP contribution in [-0.4, -0.2) is 45.0 Å². The summed E-state index contributed by atoms with van der Waals surface area (Å²) in [5.74, 6) is 1.07. The zero-order valence-electron chi connectivity index (χ0n) is 11.7. The van der Waals surface area contributed by atoms with Crippen LogP contribution in [0.5, 0.6) is 0 Å². The summed E-state index contributed by atoms with van der Waals surface area (Å²) in [6, 6.07) is 1.48. The first-order valence-electron chi connectivity index (χ1n) is 6.49. The molecule has 0 aliphatic heterocycles. The van der Waals surface area contributed by atoms with Gasteiger partial charge in [-0.05, 0) is 13.3 Å². The average Bonchev–Trinajstić information content (AvgIpc) is 2.85. The second-order valence-corrected chi connectivity index (χ2v) is 4.63. The topological polar surface area (TPSA) is 64.3 Å². The maximum Gasteiger partial charge on any atom is 0.411 e. The van der Waals surface area contributed by atoms with Crippen LogP contribution in [-0.2, 0) is 11.2 Å². The summed E-state index contributed by atoms with van der Waals surface area (Å²) in [5.41, 5.74) is 0.821. The summed E-state index contributed by atoms with van der Waals surface area (Å²) in [7, 11) is 0. The van der Waals surface area contributed by atoms with Gasteiger partial charge in [0.2, 0.25) is 0 Å². The molecular weight excluding hydrogens is 287 g/mol. The van der Waals surface area contributed by atoms with Gasteiger partial charge in [0.15, 0.2) is 0 Å². The normalized spacial score (nSPS) is 13.6. The molecule has 6 nitrogen and oxygen atoms in total. The van der Waals surface area contributed by atoms with E-state index in [0.29, 0.717) is 11.6 Å². The van der Waals surface area contributed by atoms with E-state index in [-0.39, 0.29) is 12.6 Å². The lowest BCUT2D eigenvalue weighted by Gasteiger charge is -2.17. The van der Waals surface area contributed by atoms with Gasteiger partial charge >= 0.3 is 6.18 Å². The van der Waals surface area contributed by atoms with Crippen molar-refractivity contribution in [3.05, 3.63) is 18.1 Å². The van der Waals surface area contributed by atoms with Crippen LogP contribution in [0.4, 0.5) is 19.0 Å². The molecule has 0 aromatic carbocycles. The fourth-order valence-corrected chi connectivity index (χ4v) is 1.79. The lowest BCUT2D eigenvalue weighted by atomic mass is 10.3. The largest absolute Gasteiger partial charge is 0.411 e. The molecule has 2 rings (SSSR count). The molecule has 0 aliphatic rings. The maximum atomic E-state index is 12.0. The molecule has 1 atom stereocenters. The van der Waals surface area contributed by atoms with E-state index in [1.165, 1.54) is 10.8 Å². The van der Waals surface area contributed by atoms with E-state index in [0.717, 1.165) is 12.1 Å². The molecule has 0 unspecified atom stereocenters. The number of nitrogens with zero attached hydrogens (tertiary/aromatic N) is 4. The summed E-state index contributed by atoms with van der Waals surface area (Å²) in [6.45, 7) is 2.35. The quantitative estimate of drug-likeness (QED) is 0.885. The second kappa shape index (κ2) is 6.25. The van der Waals surface area contributed by atoms with Crippen molar-refractivity contribution in [3.63, 3.8) is 0 Å². The fraction of sp³-hybridized carbons (Fsp3) is 0.583. The number of alkyl halides is 3. The summed E-state index contributed by atoms with van der Waals surface area (Å²) in [6.07, 6.45) is -2.22. The third kappa shape index (κ3) is 4.28. The number of anilines is 1. The van der Waals surface area contributed by atoms with Crippen molar-refractivity contribution in [3.8, 4) is 0 Å². The van der Waals surface area contributed by atoms with E-state index < -0.39 is 12.8 Å². The molecule has 0 fully saturated rings. The highest BCUT2D eigenvalue weighted by molar-refractivity contribution is 5.45. The van der Waals surface area contributed by atoms with Crippen molar-refractivity contribution in [1.82, 2.24) is 19.6 Å². The fourth-order valence-electron chi connectivity index (χ4n) is 1.79. The van der Waals surface area contributed by atoms with Crippen molar-refractivity contribution < 1.29 is 17.9 Å². The third-order valence-corrected chi connectivity index (χ3v) is 2.69. The highest BCUT2D eigenvalue weighted by Gasteiger charge is 2.27. The van der Waals surface area contributed by atoms with Crippen LogP contribution in [0.3, 0.4) is 0 Å². The molecule has 0 radical (unpaired) electrons. The van der Waals surface area contributed by atoms with Gasteiger partial charge in [-0.1, -0.05) is 6.92 Å². The van der Waals surface area contributed by atoms with Crippen molar-refractivity contribution in [2.45, 2.75) is 32.5 Å². The second-order valence-electron chi connectivity index (χ2n) is 4.63. The molecule has 0 amide bonds. The molecule has 2 aromatic heterocycles. The van der Waals surface area contributed by atoms with Crippen LogP contribution in [0.2, 0.25) is 0 Å². The van der Waals surface area contributed by atoms with Crippen LogP contribution in [0, 0.1) is 0 Å². The number of hydrogen-bond donors (Lipinski definition) is 1. The molecule has 2 heterocycles. The Hall–Kier alpha value is -1.90. The first kappa shape index (κ1) is 15.5. The van der Waals surface area contributed by atoms with Crippen molar-refractivity contribution >= 4 is 11.6 Å². The Bertz CT molecular complexity index is 598. The van der Waals surface area contributed by atoms with Crippen LogP contribution in [0.15, 0.2) is 12.4 Å². The lowest BCUT2D eigenvalue weighted by Crippen LogP contribution is -2.27. The minimum absolute atomic E-state index is 0.0700. The van der Waals surface area contributed by atoms with Crippen LogP contribution < -0.4 is 5.32 Å². The zero-order chi connectivity index (χ0) is 15.5. The van der Waals surface area contributed by atoms with Gasteiger partial charge in [0.1, 0.15) is 18.8 Å². The molecular formula is C12H16F3N5O. The van der Waals surface area contributed by atoms with Crippen molar-refractivity contribution in [2.24, 2.45) is 0 Å². The molecule has 0 aliphatic carbocycles. The number of halogens is 3. The Labute approximate surface area is 119 Å². The molecule has 0 spiro atoms. The predicted molar refractivity (Wildman–Crippen MR) is 70.1 cm³/mol. The smallest absolute Gasteiger partial charge is 0.370 e. The van der Waals surface area contributed by atoms with Crippen LogP contribution in [0.1, 0.15) is 19.5 Å². The van der Waals surface area contributed by atoms with Gasteiger partial charge in [-0.25, -0.2) is 4.98 Å². The van der Waals surface area contributed by atoms with E-state index in [1.54, 1.807) is 13.0 Å². The van der Waals surface area contributed by atoms with Crippen LogP contribution in [0.25, 0.3) is 5.78 Å². The zero-order valence-corrected chi connectivity index (χ0v) is 11.7. The van der Waals surface area contributed by atoms with Gasteiger partial charge in [-0.2, -0.15) is 27.8 Å². The number of nitrogens with one attached hydrogen (secondary N) is 1. The third-order valence-electron chi connectivity index (χ3n) is 2.69. The predicted octanol–water partition coefficient (Wildman–Crippen LogP) is 2.07. The average molecular weight is 303 g/mol.